The number of rotatable bonds is 6. The van der Waals surface area contributed by atoms with E-state index >= 15 is 0 Å². The third-order valence-electron chi connectivity index (χ3n) is 2.40. The number of carbonyl (C=O) groups excluding carboxylic acids is 1. The quantitative estimate of drug-likeness (QED) is 0.763. The summed E-state index contributed by atoms with van der Waals surface area (Å²) < 4.78 is 29.7. The topological polar surface area (TPSA) is 98.5 Å². The van der Waals surface area contributed by atoms with Crippen LogP contribution in [0.1, 0.15) is 20.8 Å². The van der Waals surface area contributed by atoms with Crippen molar-refractivity contribution in [2.24, 2.45) is 0 Å². The number of sulfone groups is 1. The molecule has 20 heavy (non-hydrogen) atoms. The van der Waals surface area contributed by atoms with E-state index in [2.05, 4.69) is 5.32 Å². The number of carbonyl (C=O) groups is 1. The second-order valence-corrected chi connectivity index (χ2v) is 6.57. The largest absolute Gasteiger partial charge is 0.494 e. The summed E-state index contributed by atoms with van der Waals surface area (Å²) in [5, 5.41) is 2.54. The smallest absolute Gasteiger partial charge is 0.235 e. The Morgan fingerprint density at radius 3 is 2.60 bits per heavy atom. The van der Waals surface area contributed by atoms with Crippen LogP contribution in [0.3, 0.4) is 0 Å². The molecule has 0 fully saturated rings. The highest BCUT2D eigenvalue weighted by Gasteiger charge is 2.22. The van der Waals surface area contributed by atoms with Crippen LogP contribution in [-0.2, 0) is 14.6 Å². The third-order valence-corrected chi connectivity index (χ3v) is 4.07. The Kier molecular flexibility index (Phi) is 5.38. The summed E-state index contributed by atoms with van der Waals surface area (Å²) in [6.07, 6.45) is 0. The molecule has 0 aromatic heterocycles. The highest BCUT2D eigenvalue weighted by atomic mass is 32.2. The Hall–Kier alpha value is -1.76. The number of hydrogen-bond acceptors (Lipinski definition) is 5. The maximum Gasteiger partial charge on any atom is 0.235 e. The fourth-order valence-electron chi connectivity index (χ4n) is 1.65. The summed E-state index contributed by atoms with van der Waals surface area (Å²) in [6.45, 7) is 5.72. The minimum absolute atomic E-state index is 0.0812. The molecule has 1 aromatic rings. The molecule has 0 atom stereocenters. The first-order valence-corrected chi connectivity index (χ1v) is 7.96. The monoisotopic (exact) mass is 300 g/mol. The van der Waals surface area contributed by atoms with E-state index in [1.807, 2.05) is 0 Å². The van der Waals surface area contributed by atoms with Crippen molar-refractivity contribution in [1.82, 2.24) is 5.32 Å². The van der Waals surface area contributed by atoms with Crippen LogP contribution in [0.2, 0.25) is 0 Å². The van der Waals surface area contributed by atoms with E-state index in [0.717, 1.165) is 0 Å². The molecule has 0 spiro atoms. The van der Waals surface area contributed by atoms with Gasteiger partial charge in [0, 0.05) is 12.1 Å². The van der Waals surface area contributed by atoms with Crippen LogP contribution in [0, 0.1) is 0 Å². The van der Waals surface area contributed by atoms with Crippen molar-refractivity contribution in [3.8, 4) is 5.75 Å². The molecular weight excluding hydrogens is 280 g/mol. The molecule has 1 amide bonds. The predicted molar refractivity (Wildman–Crippen MR) is 77.4 cm³/mol. The van der Waals surface area contributed by atoms with Gasteiger partial charge in [0.15, 0.2) is 9.84 Å². The minimum Gasteiger partial charge on any atom is -0.494 e. The fourth-order valence-corrected chi connectivity index (χ4v) is 2.96. The van der Waals surface area contributed by atoms with Gasteiger partial charge in [-0.25, -0.2) is 8.42 Å². The zero-order chi connectivity index (χ0) is 15.3. The Bertz CT molecular complexity index is 582. The van der Waals surface area contributed by atoms with E-state index in [9.17, 15) is 13.2 Å². The van der Waals surface area contributed by atoms with Gasteiger partial charge in [-0.05, 0) is 32.9 Å². The van der Waals surface area contributed by atoms with Gasteiger partial charge in [-0.1, -0.05) is 0 Å². The normalized spacial score (nSPS) is 11.4. The first-order valence-electron chi connectivity index (χ1n) is 6.30. The van der Waals surface area contributed by atoms with Crippen LogP contribution in [-0.4, -0.2) is 32.7 Å². The van der Waals surface area contributed by atoms with E-state index < -0.39 is 21.5 Å². The number of nitrogens with one attached hydrogen (secondary N) is 1. The third kappa shape index (κ3) is 4.41. The molecule has 0 heterocycles. The Labute approximate surface area is 119 Å². The molecule has 7 heteroatoms. The van der Waals surface area contributed by atoms with Gasteiger partial charge in [0.25, 0.3) is 0 Å². The molecule has 1 rings (SSSR count). The van der Waals surface area contributed by atoms with Crippen LogP contribution >= 0.6 is 0 Å². The van der Waals surface area contributed by atoms with E-state index in [1.54, 1.807) is 26.8 Å². The SMILES string of the molecule is CCOc1ccc(N)c(S(=O)(=O)CC(=O)NC(C)C)c1. The van der Waals surface area contributed by atoms with Gasteiger partial charge in [-0.2, -0.15) is 0 Å². The summed E-state index contributed by atoms with van der Waals surface area (Å²) in [5.74, 6) is -0.781. The summed E-state index contributed by atoms with van der Waals surface area (Å²) in [7, 11) is -3.79. The van der Waals surface area contributed by atoms with Crippen molar-refractivity contribution in [1.29, 1.82) is 0 Å². The zero-order valence-electron chi connectivity index (χ0n) is 11.8. The Morgan fingerprint density at radius 1 is 1.40 bits per heavy atom. The van der Waals surface area contributed by atoms with Gasteiger partial charge in [0.05, 0.1) is 17.2 Å². The lowest BCUT2D eigenvalue weighted by Gasteiger charge is -2.11. The molecule has 0 radical (unpaired) electrons. The highest BCUT2D eigenvalue weighted by molar-refractivity contribution is 7.92. The minimum atomic E-state index is -3.79. The second kappa shape index (κ2) is 6.60. The van der Waals surface area contributed by atoms with E-state index in [1.165, 1.54) is 12.1 Å². The molecule has 1 aromatic carbocycles. The van der Waals surface area contributed by atoms with Gasteiger partial charge >= 0.3 is 0 Å². The molecular formula is C13H20N2O4S. The number of benzene rings is 1. The summed E-state index contributed by atoms with van der Waals surface area (Å²) in [4.78, 5) is 11.5. The lowest BCUT2D eigenvalue weighted by molar-refractivity contribution is -0.119. The van der Waals surface area contributed by atoms with Crippen LogP contribution in [0.25, 0.3) is 0 Å². The molecule has 112 valence electrons. The zero-order valence-corrected chi connectivity index (χ0v) is 12.7. The lowest BCUT2D eigenvalue weighted by atomic mass is 10.3. The van der Waals surface area contributed by atoms with Crippen LogP contribution in [0.15, 0.2) is 23.1 Å². The summed E-state index contributed by atoms with van der Waals surface area (Å²) >= 11 is 0. The van der Waals surface area contributed by atoms with Crippen LogP contribution < -0.4 is 15.8 Å². The number of anilines is 1. The second-order valence-electron chi connectivity index (χ2n) is 4.61. The van der Waals surface area contributed by atoms with Gasteiger partial charge in [0.2, 0.25) is 5.91 Å². The number of ether oxygens (including phenoxy) is 1. The van der Waals surface area contributed by atoms with Gasteiger partial charge < -0.3 is 15.8 Å². The van der Waals surface area contributed by atoms with Crippen molar-refractivity contribution in [2.45, 2.75) is 31.7 Å². The van der Waals surface area contributed by atoms with Crippen molar-refractivity contribution in [3.63, 3.8) is 0 Å². The van der Waals surface area contributed by atoms with E-state index in [4.69, 9.17) is 10.5 Å². The van der Waals surface area contributed by atoms with E-state index in [-0.39, 0.29) is 16.6 Å². The fraction of sp³-hybridized carbons (Fsp3) is 0.462. The molecule has 0 aliphatic carbocycles. The molecule has 3 N–H and O–H groups in total. The molecule has 0 saturated heterocycles. The Morgan fingerprint density at radius 2 is 2.05 bits per heavy atom. The first-order chi connectivity index (χ1) is 9.26. The molecule has 0 aliphatic heterocycles. The molecule has 0 unspecified atom stereocenters. The summed E-state index contributed by atoms with van der Waals surface area (Å²) in [5.41, 5.74) is 5.78. The van der Waals surface area contributed by atoms with Gasteiger partial charge in [-0.3, -0.25) is 4.79 Å². The predicted octanol–water partition coefficient (Wildman–Crippen LogP) is 0.966. The maximum absolute atomic E-state index is 12.2. The van der Waals surface area contributed by atoms with E-state index in [0.29, 0.717) is 12.4 Å². The molecule has 0 aliphatic rings. The highest BCUT2D eigenvalue weighted by Crippen LogP contribution is 2.25. The molecule has 0 saturated carbocycles. The average molecular weight is 300 g/mol. The first kappa shape index (κ1) is 16.3. The van der Waals surface area contributed by atoms with Crippen molar-refractivity contribution < 1.29 is 17.9 Å². The van der Waals surface area contributed by atoms with Crippen LogP contribution in [0.4, 0.5) is 5.69 Å². The Balaban J connectivity index is 3.02. The van der Waals surface area contributed by atoms with Crippen molar-refractivity contribution in [2.75, 3.05) is 18.1 Å². The van der Waals surface area contributed by atoms with Gasteiger partial charge in [0.1, 0.15) is 11.5 Å². The number of nitrogens with two attached hydrogens (primary N) is 1. The lowest BCUT2D eigenvalue weighted by Crippen LogP contribution is -2.35. The summed E-state index contributed by atoms with van der Waals surface area (Å²) in [6, 6.07) is 4.27. The number of nitrogen functional groups attached to an aromatic ring is 1. The number of amides is 1. The maximum atomic E-state index is 12.2. The molecule has 6 nitrogen and oxygen atoms in total. The molecule has 0 bridgehead atoms. The number of hydrogen-bond donors (Lipinski definition) is 2. The van der Waals surface area contributed by atoms with Crippen molar-refractivity contribution in [3.05, 3.63) is 18.2 Å². The average Bonchev–Trinajstić information content (AvgIpc) is 2.29. The standard InChI is InChI=1S/C13H20N2O4S/c1-4-19-10-5-6-11(14)12(7-10)20(17,18)8-13(16)15-9(2)3/h5-7,9H,4,8,14H2,1-3H3,(H,15,16). The van der Waals surface area contributed by atoms with Crippen LogP contribution in [0.5, 0.6) is 5.75 Å². The van der Waals surface area contributed by atoms with Gasteiger partial charge in [-0.15, -0.1) is 0 Å². The van der Waals surface area contributed by atoms with Crippen molar-refractivity contribution >= 4 is 21.4 Å².